The first-order valence-electron chi connectivity index (χ1n) is 12.0. The highest BCUT2D eigenvalue weighted by atomic mass is 31.2. The summed E-state index contributed by atoms with van der Waals surface area (Å²) in [5.74, 6) is -1.29. The van der Waals surface area contributed by atoms with Gasteiger partial charge in [-0.25, -0.2) is 4.57 Å². The number of ether oxygens (including phenoxy) is 2. The molecule has 0 aromatic heterocycles. The normalized spacial score (nSPS) is 14.3. The standard InChI is InChI=1S/C25H41O9P/c1-3-4-5-6-7-8-9-10-11-12-13-14-15-17-23(27)18-16-19-25(28)34-24(20-32-22(2)26)21-33-35(29,30)31/h7-8,10-11,13-15,17,23-24,27H,3-6,9,12,16,18-21H2,1-2H3,(H2,29,30,31)/b8-7-,11-10-,14-13-,17-15+/t23-,24+/m0/s1. The number of aliphatic hydroxyl groups excluding tert-OH is 1. The van der Waals surface area contributed by atoms with Gasteiger partial charge >= 0.3 is 19.8 Å². The number of hydrogen-bond donors (Lipinski definition) is 3. The third kappa shape index (κ3) is 24.9. The first kappa shape index (κ1) is 33.0. The van der Waals surface area contributed by atoms with E-state index in [0.29, 0.717) is 12.8 Å². The van der Waals surface area contributed by atoms with Crippen molar-refractivity contribution in [3.63, 3.8) is 0 Å². The van der Waals surface area contributed by atoms with Crippen LogP contribution in [0.1, 0.15) is 71.6 Å². The fourth-order valence-electron chi connectivity index (χ4n) is 2.73. The number of phosphoric acid groups is 1. The van der Waals surface area contributed by atoms with Crippen molar-refractivity contribution in [1.29, 1.82) is 0 Å². The van der Waals surface area contributed by atoms with Crippen LogP contribution >= 0.6 is 7.82 Å². The second-order valence-electron chi connectivity index (χ2n) is 7.88. The van der Waals surface area contributed by atoms with E-state index in [1.807, 2.05) is 12.2 Å². The number of unbranched alkanes of at least 4 members (excludes halogenated alkanes) is 3. The van der Waals surface area contributed by atoms with E-state index >= 15 is 0 Å². The summed E-state index contributed by atoms with van der Waals surface area (Å²) < 4.78 is 24.9. The Balaban J connectivity index is 4.11. The van der Waals surface area contributed by atoms with Gasteiger partial charge < -0.3 is 24.4 Å². The number of phosphoric ester groups is 1. The quantitative estimate of drug-likeness (QED) is 0.0691. The predicted molar refractivity (Wildman–Crippen MR) is 134 cm³/mol. The van der Waals surface area contributed by atoms with Crippen molar-refractivity contribution in [2.24, 2.45) is 0 Å². The predicted octanol–water partition coefficient (Wildman–Crippen LogP) is 4.69. The number of aliphatic hydroxyl groups is 1. The molecule has 0 aliphatic heterocycles. The van der Waals surface area contributed by atoms with E-state index in [2.05, 4.69) is 35.8 Å². The van der Waals surface area contributed by atoms with Crippen molar-refractivity contribution < 1.29 is 43.0 Å². The first-order valence-corrected chi connectivity index (χ1v) is 13.5. The molecule has 0 rings (SSSR count). The molecule has 0 saturated heterocycles. The molecule has 0 unspecified atom stereocenters. The molecule has 35 heavy (non-hydrogen) atoms. The van der Waals surface area contributed by atoms with Gasteiger partial charge in [0.1, 0.15) is 6.61 Å². The number of carbonyl (C=O) groups is 2. The van der Waals surface area contributed by atoms with Crippen LogP contribution in [0, 0.1) is 0 Å². The van der Waals surface area contributed by atoms with Gasteiger partial charge in [0.2, 0.25) is 0 Å². The molecule has 0 amide bonds. The van der Waals surface area contributed by atoms with Gasteiger partial charge in [0.15, 0.2) is 6.10 Å². The van der Waals surface area contributed by atoms with Gasteiger partial charge in [0, 0.05) is 13.3 Å². The summed E-state index contributed by atoms with van der Waals surface area (Å²) in [6.45, 7) is 2.34. The Hall–Kier alpha value is -2.03. The van der Waals surface area contributed by atoms with E-state index in [4.69, 9.17) is 19.3 Å². The minimum atomic E-state index is -4.76. The van der Waals surface area contributed by atoms with Crippen molar-refractivity contribution in [2.45, 2.75) is 83.8 Å². The molecule has 0 spiro atoms. The third-order valence-electron chi connectivity index (χ3n) is 4.51. The Labute approximate surface area is 208 Å². The molecule has 2 atom stereocenters. The molecule has 0 aromatic carbocycles. The van der Waals surface area contributed by atoms with Gasteiger partial charge in [-0.1, -0.05) is 68.4 Å². The molecule has 0 aromatic rings. The smallest absolute Gasteiger partial charge is 0.462 e. The fourth-order valence-corrected chi connectivity index (χ4v) is 3.09. The van der Waals surface area contributed by atoms with E-state index < -0.39 is 38.6 Å². The third-order valence-corrected chi connectivity index (χ3v) is 5.00. The number of carbonyl (C=O) groups excluding carboxylic acids is 2. The Morgan fingerprint density at radius 3 is 2.29 bits per heavy atom. The van der Waals surface area contributed by atoms with E-state index in [9.17, 15) is 19.3 Å². The van der Waals surface area contributed by atoms with Crippen molar-refractivity contribution in [3.8, 4) is 0 Å². The van der Waals surface area contributed by atoms with Crippen LogP contribution in [0.2, 0.25) is 0 Å². The zero-order valence-electron chi connectivity index (χ0n) is 20.8. The van der Waals surface area contributed by atoms with Crippen LogP contribution in [0.25, 0.3) is 0 Å². The van der Waals surface area contributed by atoms with Crippen molar-refractivity contribution in [2.75, 3.05) is 13.2 Å². The lowest BCUT2D eigenvalue weighted by Crippen LogP contribution is -2.29. The molecule has 200 valence electrons. The molecule has 0 aliphatic rings. The fraction of sp³-hybridized carbons (Fsp3) is 0.600. The highest BCUT2D eigenvalue weighted by molar-refractivity contribution is 7.46. The average molecular weight is 517 g/mol. The highest BCUT2D eigenvalue weighted by Crippen LogP contribution is 2.35. The minimum Gasteiger partial charge on any atom is -0.462 e. The molecule has 0 bridgehead atoms. The van der Waals surface area contributed by atoms with Gasteiger partial charge in [-0.3, -0.25) is 14.1 Å². The van der Waals surface area contributed by atoms with Gasteiger partial charge in [-0.05, 0) is 38.5 Å². The zero-order chi connectivity index (χ0) is 26.4. The van der Waals surface area contributed by atoms with E-state index in [1.54, 1.807) is 12.2 Å². The van der Waals surface area contributed by atoms with Crippen LogP contribution in [-0.4, -0.2) is 52.3 Å². The van der Waals surface area contributed by atoms with Gasteiger partial charge in [0.05, 0.1) is 12.7 Å². The summed E-state index contributed by atoms with van der Waals surface area (Å²) in [6.07, 6.45) is 21.2. The highest BCUT2D eigenvalue weighted by Gasteiger charge is 2.22. The summed E-state index contributed by atoms with van der Waals surface area (Å²) >= 11 is 0. The lowest BCUT2D eigenvalue weighted by atomic mass is 10.1. The Bertz CT molecular complexity index is 737. The lowest BCUT2D eigenvalue weighted by molar-refractivity contribution is -0.160. The van der Waals surface area contributed by atoms with Crippen LogP contribution in [0.4, 0.5) is 0 Å². The zero-order valence-corrected chi connectivity index (χ0v) is 21.7. The number of allylic oxidation sites excluding steroid dienone is 7. The summed E-state index contributed by atoms with van der Waals surface area (Å²) in [4.78, 5) is 40.4. The van der Waals surface area contributed by atoms with Crippen LogP contribution in [-0.2, 0) is 28.2 Å². The van der Waals surface area contributed by atoms with Crippen molar-refractivity contribution in [3.05, 3.63) is 48.6 Å². The SMILES string of the molecule is CCCCC/C=C\C/C=C\C/C=C\C=C\[C@H](O)CCCC(=O)O[C@H](COC(C)=O)COP(=O)(O)O. The van der Waals surface area contributed by atoms with Crippen LogP contribution < -0.4 is 0 Å². The van der Waals surface area contributed by atoms with Crippen LogP contribution in [0.5, 0.6) is 0 Å². The average Bonchev–Trinajstić information content (AvgIpc) is 2.78. The molecular weight excluding hydrogens is 475 g/mol. The monoisotopic (exact) mass is 516 g/mol. The molecule has 0 radical (unpaired) electrons. The molecule has 0 saturated carbocycles. The van der Waals surface area contributed by atoms with Crippen molar-refractivity contribution >= 4 is 19.8 Å². The van der Waals surface area contributed by atoms with E-state index in [0.717, 1.165) is 26.2 Å². The number of hydrogen-bond acceptors (Lipinski definition) is 7. The van der Waals surface area contributed by atoms with Gasteiger partial charge in [-0.2, -0.15) is 0 Å². The molecular formula is C25H41O9P. The number of rotatable bonds is 20. The second kappa shape index (κ2) is 21.3. The first-order chi connectivity index (χ1) is 16.6. The van der Waals surface area contributed by atoms with Crippen LogP contribution in [0.3, 0.4) is 0 Å². The summed E-state index contributed by atoms with van der Waals surface area (Å²) in [7, 11) is -4.76. The second-order valence-corrected chi connectivity index (χ2v) is 9.12. The largest absolute Gasteiger partial charge is 0.469 e. The molecule has 0 heterocycles. The van der Waals surface area contributed by atoms with Gasteiger partial charge in [0.25, 0.3) is 0 Å². The molecule has 0 aliphatic carbocycles. The molecule has 9 nitrogen and oxygen atoms in total. The maximum Gasteiger partial charge on any atom is 0.469 e. The van der Waals surface area contributed by atoms with Crippen LogP contribution in [0.15, 0.2) is 48.6 Å². The van der Waals surface area contributed by atoms with E-state index in [1.165, 1.54) is 19.3 Å². The van der Waals surface area contributed by atoms with Gasteiger partial charge in [-0.15, -0.1) is 0 Å². The number of esters is 2. The minimum absolute atomic E-state index is 0.0228. The Morgan fingerprint density at radius 2 is 1.63 bits per heavy atom. The topological polar surface area (TPSA) is 140 Å². The maximum absolute atomic E-state index is 12.0. The Kier molecular flexibility index (Phi) is 20.0. The summed E-state index contributed by atoms with van der Waals surface area (Å²) in [5, 5.41) is 9.98. The molecule has 3 N–H and O–H groups in total. The van der Waals surface area contributed by atoms with Crippen molar-refractivity contribution in [1.82, 2.24) is 0 Å². The lowest BCUT2D eigenvalue weighted by Gasteiger charge is -2.18. The molecule has 0 fully saturated rings. The maximum atomic E-state index is 12.0. The summed E-state index contributed by atoms with van der Waals surface area (Å²) in [5.41, 5.74) is 0. The van der Waals surface area contributed by atoms with E-state index in [-0.39, 0.29) is 13.0 Å². The summed E-state index contributed by atoms with van der Waals surface area (Å²) in [6, 6.07) is 0. The molecule has 10 heteroatoms. The Morgan fingerprint density at radius 1 is 0.943 bits per heavy atom.